The van der Waals surface area contributed by atoms with Crippen LogP contribution in [-0.4, -0.2) is 49.6 Å². The Balaban J connectivity index is 1.58. The van der Waals surface area contributed by atoms with Crippen LogP contribution in [0.5, 0.6) is 0 Å². The molecule has 3 heterocycles. The fourth-order valence-electron chi connectivity index (χ4n) is 4.68. The molecule has 8 heteroatoms. The molecule has 1 aliphatic rings. The lowest BCUT2D eigenvalue weighted by Crippen LogP contribution is -2.35. The molecule has 2 aromatic carbocycles. The largest absolute Gasteiger partial charge is 0.366 e. The van der Waals surface area contributed by atoms with Crippen LogP contribution < -0.4 is 5.73 Å². The van der Waals surface area contributed by atoms with Crippen molar-refractivity contribution in [2.45, 2.75) is 32.1 Å². The van der Waals surface area contributed by atoms with Crippen molar-refractivity contribution in [2.75, 3.05) is 13.1 Å². The molecule has 1 aliphatic heterocycles. The summed E-state index contributed by atoms with van der Waals surface area (Å²) in [6.07, 6.45) is 9.67. The van der Waals surface area contributed by atoms with Gasteiger partial charge in [-0.15, -0.1) is 0 Å². The Morgan fingerprint density at radius 1 is 1.00 bits per heavy atom. The second-order valence-electron chi connectivity index (χ2n) is 8.78. The Labute approximate surface area is 203 Å². The third-order valence-corrected chi connectivity index (χ3v) is 6.46. The predicted molar refractivity (Wildman–Crippen MR) is 134 cm³/mol. The van der Waals surface area contributed by atoms with Crippen molar-refractivity contribution in [3.8, 4) is 28.2 Å². The van der Waals surface area contributed by atoms with E-state index in [-0.39, 0.29) is 5.91 Å². The number of likely N-dealkylation sites (tertiary alicyclic amines) is 1. The summed E-state index contributed by atoms with van der Waals surface area (Å²) in [5.74, 6) is 0.231. The summed E-state index contributed by atoms with van der Waals surface area (Å²) in [5.41, 5.74) is 10.1. The van der Waals surface area contributed by atoms with Gasteiger partial charge in [0.05, 0.1) is 17.5 Å². The molecule has 35 heavy (non-hydrogen) atoms. The Morgan fingerprint density at radius 2 is 1.80 bits per heavy atom. The first kappa shape index (κ1) is 22.6. The van der Waals surface area contributed by atoms with E-state index in [1.165, 1.54) is 6.42 Å². The second kappa shape index (κ2) is 9.97. The number of aromatic nitrogens is 4. The number of para-hydroxylation sites is 1. The van der Waals surface area contributed by atoms with E-state index in [4.69, 9.17) is 10.7 Å². The van der Waals surface area contributed by atoms with Crippen LogP contribution in [0.4, 0.5) is 0 Å². The molecule has 2 aromatic heterocycles. The van der Waals surface area contributed by atoms with E-state index in [0.717, 1.165) is 48.4 Å². The molecular formula is C27H28N6O2. The average Bonchev–Trinajstić information content (AvgIpc) is 3.58. The van der Waals surface area contributed by atoms with Crippen LogP contribution in [0.3, 0.4) is 0 Å². The summed E-state index contributed by atoms with van der Waals surface area (Å²) in [4.78, 5) is 32.1. The standard InChI is InChI=1S/C27H28N6O2/c28-26(35)23-11-7-10-22(19-16-29-30-17-19)25(23)27-31-20(18-33(27)21-8-3-1-4-9-21)12-13-24(34)32-14-5-2-6-15-32/h1,3-4,7-11,16-18H,2,5-6,12-15H2,(H2,28,35)(H,29,30). The van der Waals surface area contributed by atoms with Crippen LogP contribution in [0.1, 0.15) is 41.7 Å². The van der Waals surface area contributed by atoms with Gasteiger partial charge in [-0.2, -0.15) is 5.10 Å². The van der Waals surface area contributed by atoms with Crippen LogP contribution in [0, 0.1) is 0 Å². The van der Waals surface area contributed by atoms with E-state index >= 15 is 0 Å². The third kappa shape index (κ3) is 4.73. The van der Waals surface area contributed by atoms with Gasteiger partial charge in [0.1, 0.15) is 5.82 Å². The number of imidazole rings is 1. The number of nitrogens with two attached hydrogens (primary N) is 1. The van der Waals surface area contributed by atoms with Gasteiger partial charge in [-0.3, -0.25) is 19.3 Å². The molecule has 0 radical (unpaired) electrons. The molecule has 3 N–H and O–H groups in total. The SMILES string of the molecule is NC(=O)c1cccc(-c2cn[nH]c2)c1-c1nc(CCC(=O)N2CCCCC2)cn1-c1ccccc1. The van der Waals surface area contributed by atoms with Crippen molar-refractivity contribution >= 4 is 11.8 Å². The van der Waals surface area contributed by atoms with Gasteiger partial charge in [-0.25, -0.2) is 4.98 Å². The molecule has 8 nitrogen and oxygen atoms in total. The molecular weight excluding hydrogens is 440 g/mol. The van der Waals surface area contributed by atoms with Crippen LogP contribution >= 0.6 is 0 Å². The number of aryl methyl sites for hydroxylation is 1. The van der Waals surface area contributed by atoms with Crippen LogP contribution in [0.15, 0.2) is 67.1 Å². The van der Waals surface area contributed by atoms with Gasteiger partial charge >= 0.3 is 0 Å². The number of piperidine rings is 1. The molecule has 0 atom stereocenters. The smallest absolute Gasteiger partial charge is 0.249 e. The number of carbonyl (C=O) groups is 2. The number of H-pyrrole nitrogens is 1. The highest BCUT2D eigenvalue weighted by Crippen LogP contribution is 2.35. The Hall–Kier alpha value is -4.20. The highest BCUT2D eigenvalue weighted by atomic mass is 16.2. The number of benzene rings is 2. The first-order valence-electron chi connectivity index (χ1n) is 12.0. The highest BCUT2D eigenvalue weighted by Gasteiger charge is 2.23. The zero-order valence-electron chi connectivity index (χ0n) is 19.5. The molecule has 0 unspecified atom stereocenters. The summed E-state index contributed by atoms with van der Waals surface area (Å²) < 4.78 is 1.96. The fourth-order valence-corrected chi connectivity index (χ4v) is 4.68. The van der Waals surface area contributed by atoms with E-state index in [1.807, 2.05) is 52.1 Å². The minimum absolute atomic E-state index is 0.164. The van der Waals surface area contributed by atoms with Crippen LogP contribution in [0.25, 0.3) is 28.2 Å². The molecule has 0 saturated carbocycles. The maximum atomic E-state index is 12.8. The first-order chi connectivity index (χ1) is 17.1. The van der Waals surface area contributed by atoms with Gasteiger partial charge in [0.25, 0.3) is 0 Å². The molecule has 178 valence electrons. The topological polar surface area (TPSA) is 110 Å². The molecule has 1 saturated heterocycles. The van der Waals surface area contributed by atoms with E-state index in [2.05, 4.69) is 10.2 Å². The number of hydrogen-bond acceptors (Lipinski definition) is 4. The minimum atomic E-state index is -0.533. The number of hydrogen-bond donors (Lipinski definition) is 2. The van der Waals surface area contributed by atoms with E-state index in [0.29, 0.717) is 29.8 Å². The lowest BCUT2D eigenvalue weighted by atomic mass is 9.96. The first-order valence-corrected chi connectivity index (χ1v) is 12.0. The van der Waals surface area contributed by atoms with Gasteiger partial charge in [0.15, 0.2) is 0 Å². The lowest BCUT2D eigenvalue weighted by Gasteiger charge is -2.26. The minimum Gasteiger partial charge on any atom is -0.366 e. The number of nitrogens with one attached hydrogen (secondary N) is 1. The molecule has 0 spiro atoms. The van der Waals surface area contributed by atoms with Crippen molar-refractivity contribution in [1.82, 2.24) is 24.6 Å². The van der Waals surface area contributed by atoms with Crippen LogP contribution in [-0.2, 0) is 11.2 Å². The van der Waals surface area contributed by atoms with E-state index < -0.39 is 5.91 Å². The number of aromatic amines is 1. The van der Waals surface area contributed by atoms with Crippen molar-refractivity contribution in [3.63, 3.8) is 0 Å². The highest BCUT2D eigenvalue weighted by molar-refractivity contribution is 6.03. The second-order valence-corrected chi connectivity index (χ2v) is 8.78. The zero-order valence-corrected chi connectivity index (χ0v) is 19.5. The van der Waals surface area contributed by atoms with Crippen molar-refractivity contribution in [3.05, 3.63) is 78.4 Å². The maximum absolute atomic E-state index is 12.8. The van der Waals surface area contributed by atoms with Crippen LogP contribution in [0.2, 0.25) is 0 Å². The van der Waals surface area contributed by atoms with Gasteiger partial charge < -0.3 is 10.6 Å². The van der Waals surface area contributed by atoms with Gasteiger partial charge in [-0.05, 0) is 49.4 Å². The maximum Gasteiger partial charge on any atom is 0.249 e. The van der Waals surface area contributed by atoms with Gasteiger partial charge in [0, 0.05) is 48.7 Å². The van der Waals surface area contributed by atoms with Gasteiger partial charge in [-0.1, -0.05) is 30.3 Å². The predicted octanol–water partition coefficient (Wildman–Crippen LogP) is 3.97. The third-order valence-electron chi connectivity index (χ3n) is 6.46. The Bertz CT molecular complexity index is 1320. The fraction of sp³-hybridized carbons (Fsp3) is 0.259. The summed E-state index contributed by atoms with van der Waals surface area (Å²) in [5, 5.41) is 6.91. The monoisotopic (exact) mass is 468 g/mol. The molecule has 5 rings (SSSR count). The molecule has 1 fully saturated rings. The number of carbonyl (C=O) groups excluding carboxylic acids is 2. The number of rotatable bonds is 7. The summed E-state index contributed by atoms with van der Waals surface area (Å²) in [6, 6.07) is 15.3. The summed E-state index contributed by atoms with van der Waals surface area (Å²) in [6.45, 7) is 1.67. The molecule has 2 amide bonds. The molecule has 0 aliphatic carbocycles. The quantitative estimate of drug-likeness (QED) is 0.428. The normalized spacial score (nSPS) is 13.7. The van der Waals surface area contributed by atoms with Crippen molar-refractivity contribution in [1.29, 1.82) is 0 Å². The Kier molecular flexibility index (Phi) is 6.43. The van der Waals surface area contributed by atoms with Crippen molar-refractivity contribution < 1.29 is 9.59 Å². The zero-order chi connectivity index (χ0) is 24.2. The number of amides is 2. The average molecular weight is 469 g/mol. The molecule has 4 aromatic rings. The number of nitrogens with zero attached hydrogens (tertiary/aromatic N) is 4. The Morgan fingerprint density at radius 3 is 2.51 bits per heavy atom. The lowest BCUT2D eigenvalue weighted by molar-refractivity contribution is -0.132. The summed E-state index contributed by atoms with van der Waals surface area (Å²) in [7, 11) is 0. The summed E-state index contributed by atoms with van der Waals surface area (Å²) >= 11 is 0. The van der Waals surface area contributed by atoms with Crippen molar-refractivity contribution in [2.24, 2.45) is 5.73 Å². The van der Waals surface area contributed by atoms with E-state index in [9.17, 15) is 9.59 Å². The van der Waals surface area contributed by atoms with Gasteiger partial charge in [0.2, 0.25) is 11.8 Å². The molecule has 0 bridgehead atoms. The van der Waals surface area contributed by atoms with E-state index in [1.54, 1.807) is 24.5 Å². The number of primary amides is 1.